The van der Waals surface area contributed by atoms with Gasteiger partial charge in [-0.2, -0.15) is 0 Å². The van der Waals surface area contributed by atoms with Crippen molar-refractivity contribution in [3.8, 4) is 28.7 Å². The monoisotopic (exact) mass is 383 g/mol. The summed E-state index contributed by atoms with van der Waals surface area (Å²) in [6, 6.07) is 12.1. The number of rotatable bonds is 8. The zero-order valence-corrected chi connectivity index (χ0v) is 15.9. The summed E-state index contributed by atoms with van der Waals surface area (Å²) >= 11 is 0. The largest absolute Gasteiger partial charge is 0.497 e. The summed E-state index contributed by atoms with van der Waals surface area (Å²) in [5.74, 6) is 1.70. The maximum absolute atomic E-state index is 12.5. The minimum Gasteiger partial charge on any atom is -0.497 e. The van der Waals surface area contributed by atoms with Crippen molar-refractivity contribution in [1.29, 1.82) is 0 Å². The Kier molecular flexibility index (Phi) is 6.11. The second kappa shape index (κ2) is 8.90. The maximum Gasteiger partial charge on any atom is 0.322 e. The topological polar surface area (TPSA) is 95.7 Å². The molecule has 8 heteroatoms. The lowest BCUT2D eigenvalue weighted by Gasteiger charge is -2.11. The fourth-order valence-electron chi connectivity index (χ4n) is 2.49. The Hall–Kier alpha value is -3.55. The molecule has 0 spiro atoms. The Labute approximate surface area is 162 Å². The highest BCUT2D eigenvalue weighted by Gasteiger charge is 2.15. The highest BCUT2D eigenvalue weighted by atomic mass is 16.5. The van der Waals surface area contributed by atoms with Crippen molar-refractivity contribution in [2.45, 2.75) is 13.8 Å². The lowest BCUT2D eigenvalue weighted by Crippen LogP contribution is -2.12. The Morgan fingerprint density at radius 1 is 1.00 bits per heavy atom. The number of anilines is 1. The molecule has 0 bridgehead atoms. The third kappa shape index (κ3) is 4.40. The molecule has 0 unspecified atom stereocenters. The molecule has 146 valence electrons. The van der Waals surface area contributed by atoms with Gasteiger partial charge in [-0.05, 0) is 56.3 Å². The van der Waals surface area contributed by atoms with Gasteiger partial charge in [0.1, 0.15) is 5.75 Å². The molecule has 8 nitrogen and oxygen atoms in total. The summed E-state index contributed by atoms with van der Waals surface area (Å²) in [5, 5.41) is 10.4. The minimum absolute atomic E-state index is 0.00247. The molecule has 0 aliphatic carbocycles. The van der Waals surface area contributed by atoms with Crippen molar-refractivity contribution in [3.05, 3.63) is 48.0 Å². The van der Waals surface area contributed by atoms with Crippen LogP contribution in [0.4, 0.5) is 6.01 Å². The van der Waals surface area contributed by atoms with Crippen molar-refractivity contribution in [2.24, 2.45) is 0 Å². The number of aromatic nitrogens is 2. The van der Waals surface area contributed by atoms with Crippen LogP contribution in [0.1, 0.15) is 24.2 Å². The number of carbonyl (C=O) groups excluding carboxylic acids is 1. The fourth-order valence-corrected chi connectivity index (χ4v) is 2.49. The van der Waals surface area contributed by atoms with Crippen molar-refractivity contribution in [1.82, 2.24) is 10.2 Å². The van der Waals surface area contributed by atoms with Gasteiger partial charge in [0.05, 0.1) is 20.3 Å². The van der Waals surface area contributed by atoms with Gasteiger partial charge in [-0.1, -0.05) is 5.10 Å². The Morgan fingerprint density at radius 3 is 2.39 bits per heavy atom. The molecule has 0 radical (unpaired) electrons. The maximum atomic E-state index is 12.5. The van der Waals surface area contributed by atoms with Crippen LogP contribution in [0, 0.1) is 0 Å². The predicted octanol–water partition coefficient (Wildman–Crippen LogP) is 3.79. The van der Waals surface area contributed by atoms with Crippen LogP contribution < -0.4 is 19.5 Å². The SMILES string of the molecule is CCOc1ccc(C(=O)Nc2nnc(-c3ccc(OC)cc3)o2)cc1OCC. The molecule has 0 aliphatic heterocycles. The van der Waals surface area contributed by atoms with Gasteiger partial charge in [-0.25, -0.2) is 0 Å². The number of amides is 1. The molecule has 3 rings (SSSR count). The molecule has 0 saturated carbocycles. The molecule has 2 aromatic carbocycles. The Balaban J connectivity index is 1.74. The van der Waals surface area contributed by atoms with E-state index in [-0.39, 0.29) is 6.01 Å². The number of hydrogen-bond donors (Lipinski definition) is 1. The third-order valence-corrected chi connectivity index (χ3v) is 3.79. The van der Waals surface area contributed by atoms with E-state index < -0.39 is 5.91 Å². The molecular weight excluding hydrogens is 362 g/mol. The molecule has 0 aliphatic rings. The van der Waals surface area contributed by atoms with Gasteiger partial charge in [-0.3, -0.25) is 10.1 Å². The van der Waals surface area contributed by atoms with E-state index in [9.17, 15) is 4.79 Å². The third-order valence-electron chi connectivity index (χ3n) is 3.79. The van der Waals surface area contributed by atoms with Gasteiger partial charge in [0.25, 0.3) is 5.91 Å². The first-order chi connectivity index (χ1) is 13.6. The van der Waals surface area contributed by atoms with Crippen LogP contribution in [0.5, 0.6) is 17.2 Å². The van der Waals surface area contributed by atoms with Crippen LogP contribution >= 0.6 is 0 Å². The van der Waals surface area contributed by atoms with E-state index >= 15 is 0 Å². The number of carbonyl (C=O) groups is 1. The molecule has 3 aromatic rings. The van der Waals surface area contributed by atoms with Gasteiger partial charge in [0.15, 0.2) is 11.5 Å². The molecule has 1 aromatic heterocycles. The van der Waals surface area contributed by atoms with Crippen LogP contribution in [0.15, 0.2) is 46.9 Å². The van der Waals surface area contributed by atoms with Crippen LogP contribution in [-0.4, -0.2) is 36.4 Å². The summed E-state index contributed by atoms with van der Waals surface area (Å²) in [7, 11) is 1.59. The molecule has 1 N–H and O–H groups in total. The van der Waals surface area contributed by atoms with Gasteiger partial charge < -0.3 is 18.6 Å². The number of methoxy groups -OCH3 is 1. The number of hydrogen-bond acceptors (Lipinski definition) is 7. The van der Waals surface area contributed by atoms with E-state index in [2.05, 4.69) is 15.5 Å². The summed E-state index contributed by atoms with van der Waals surface area (Å²) in [6.07, 6.45) is 0. The lowest BCUT2D eigenvalue weighted by molar-refractivity contribution is 0.102. The number of nitrogens with zero attached hydrogens (tertiary/aromatic N) is 2. The minimum atomic E-state index is -0.395. The number of ether oxygens (including phenoxy) is 3. The van der Waals surface area contributed by atoms with E-state index in [1.807, 2.05) is 13.8 Å². The van der Waals surface area contributed by atoms with Crippen molar-refractivity contribution in [2.75, 3.05) is 25.6 Å². The van der Waals surface area contributed by atoms with E-state index in [0.29, 0.717) is 41.7 Å². The average molecular weight is 383 g/mol. The lowest BCUT2D eigenvalue weighted by atomic mass is 10.2. The molecule has 0 atom stereocenters. The first kappa shape index (κ1) is 19.2. The zero-order chi connectivity index (χ0) is 19.9. The van der Waals surface area contributed by atoms with Gasteiger partial charge in [-0.15, -0.1) is 5.10 Å². The van der Waals surface area contributed by atoms with Crippen molar-refractivity contribution < 1.29 is 23.4 Å². The van der Waals surface area contributed by atoms with Gasteiger partial charge >= 0.3 is 6.01 Å². The molecule has 28 heavy (non-hydrogen) atoms. The summed E-state index contributed by atoms with van der Waals surface area (Å²) in [5.41, 5.74) is 1.10. The normalized spacial score (nSPS) is 10.4. The highest BCUT2D eigenvalue weighted by Crippen LogP contribution is 2.29. The standard InChI is InChI=1S/C20H21N3O5/c1-4-26-16-11-8-14(12-17(16)27-5-2)18(24)21-20-23-22-19(28-20)13-6-9-15(25-3)10-7-13/h6-12H,4-5H2,1-3H3,(H,21,23,24). The molecular formula is C20H21N3O5. The predicted molar refractivity (Wildman–Crippen MR) is 103 cm³/mol. The first-order valence-corrected chi connectivity index (χ1v) is 8.83. The van der Waals surface area contributed by atoms with Crippen LogP contribution in [0.25, 0.3) is 11.5 Å². The van der Waals surface area contributed by atoms with E-state index in [1.165, 1.54) is 0 Å². The number of benzene rings is 2. The number of nitrogens with one attached hydrogen (secondary N) is 1. The molecule has 0 saturated heterocycles. The van der Waals surface area contributed by atoms with Gasteiger partial charge in [0.2, 0.25) is 5.89 Å². The van der Waals surface area contributed by atoms with Crippen LogP contribution in [0.2, 0.25) is 0 Å². The fraction of sp³-hybridized carbons (Fsp3) is 0.250. The quantitative estimate of drug-likeness (QED) is 0.632. The summed E-state index contributed by atoms with van der Waals surface area (Å²) < 4.78 is 21.7. The van der Waals surface area contributed by atoms with Crippen molar-refractivity contribution >= 4 is 11.9 Å². The summed E-state index contributed by atoms with van der Waals surface area (Å²) in [4.78, 5) is 12.5. The Bertz CT molecular complexity index is 937. The second-order valence-electron chi connectivity index (χ2n) is 5.62. The summed E-state index contributed by atoms with van der Waals surface area (Å²) in [6.45, 7) is 4.70. The molecule has 1 amide bonds. The first-order valence-electron chi connectivity index (χ1n) is 8.83. The molecule has 0 fully saturated rings. The Morgan fingerprint density at radius 2 is 1.71 bits per heavy atom. The smallest absolute Gasteiger partial charge is 0.322 e. The zero-order valence-electron chi connectivity index (χ0n) is 15.9. The average Bonchev–Trinajstić information content (AvgIpc) is 3.18. The van der Waals surface area contributed by atoms with Crippen LogP contribution in [-0.2, 0) is 0 Å². The van der Waals surface area contributed by atoms with E-state index in [4.69, 9.17) is 18.6 Å². The van der Waals surface area contributed by atoms with E-state index in [1.54, 1.807) is 49.6 Å². The van der Waals surface area contributed by atoms with Gasteiger partial charge in [0, 0.05) is 11.1 Å². The van der Waals surface area contributed by atoms with Crippen molar-refractivity contribution in [3.63, 3.8) is 0 Å². The van der Waals surface area contributed by atoms with Crippen LogP contribution in [0.3, 0.4) is 0 Å². The highest BCUT2D eigenvalue weighted by molar-refractivity contribution is 6.03. The van der Waals surface area contributed by atoms with E-state index in [0.717, 1.165) is 5.75 Å². The second-order valence-corrected chi connectivity index (χ2v) is 5.62. The molecule has 1 heterocycles.